The van der Waals surface area contributed by atoms with E-state index < -0.39 is 5.60 Å². The molecule has 2 rings (SSSR count). The third-order valence-corrected chi connectivity index (χ3v) is 3.41. The normalized spacial score (nSPS) is 17.9. The van der Waals surface area contributed by atoms with Gasteiger partial charge in [-0.25, -0.2) is 0 Å². The van der Waals surface area contributed by atoms with Crippen molar-refractivity contribution in [1.82, 2.24) is 10.1 Å². The molecule has 0 radical (unpaired) electrons. The summed E-state index contributed by atoms with van der Waals surface area (Å²) in [7, 11) is 1.84. The van der Waals surface area contributed by atoms with Crippen LogP contribution < -0.4 is 5.32 Å². The first kappa shape index (κ1) is 14.0. The number of rotatable bonds is 5. The zero-order valence-electron chi connectivity index (χ0n) is 11.5. The molecule has 0 aliphatic heterocycles. The summed E-state index contributed by atoms with van der Waals surface area (Å²) in [4.78, 5) is 13.6. The van der Waals surface area contributed by atoms with E-state index in [4.69, 9.17) is 4.52 Å². The van der Waals surface area contributed by atoms with Gasteiger partial charge in [-0.05, 0) is 26.8 Å². The van der Waals surface area contributed by atoms with Crippen molar-refractivity contribution in [3.05, 3.63) is 11.8 Å². The molecule has 0 unspecified atom stereocenters. The van der Waals surface area contributed by atoms with E-state index in [1.54, 1.807) is 13.0 Å². The third-order valence-electron chi connectivity index (χ3n) is 3.41. The molecule has 1 amide bonds. The summed E-state index contributed by atoms with van der Waals surface area (Å²) in [5, 5.41) is 16.6. The van der Waals surface area contributed by atoms with E-state index in [0.717, 1.165) is 25.7 Å². The smallest absolute Gasteiger partial charge is 0.239 e. The number of carbonyl (C=O) groups excluding carboxylic acids is 1. The molecular weight excluding hydrogens is 246 g/mol. The molecule has 1 heterocycles. The molecule has 1 aliphatic carbocycles. The van der Waals surface area contributed by atoms with Gasteiger partial charge in [-0.1, -0.05) is 18.0 Å². The topological polar surface area (TPSA) is 78.6 Å². The summed E-state index contributed by atoms with van der Waals surface area (Å²) < 4.78 is 4.88. The number of anilines is 1. The summed E-state index contributed by atoms with van der Waals surface area (Å²) >= 11 is 0. The Morgan fingerprint density at radius 1 is 1.58 bits per heavy atom. The quantitative estimate of drug-likeness (QED) is 0.837. The first-order valence-corrected chi connectivity index (χ1v) is 6.61. The lowest BCUT2D eigenvalue weighted by Gasteiger charge is -2.27. The number of likely N-dealkylation sites (N-methyl/N-ethyl adjacent to an activating group) is 1. The minimum absolute atomic E-state index is 0.155. The van der Waals surface area contributed by atoms with Gasteiger partial charge in [-0.2, -0.15) is 0 Å². The van der Waals surface area contributed by atoms with Crippen LogP contribution in [-0.2, 0) is 4.79 Å². The molecule has 0 spiro atoms. The maximum Gasteiger partial charge on any atom is 0.239 e. The summed E-state index contributed by atoms with van der Waals surface area (Å²) in [6.45, 7) is 2.52. The average Bonchev–Trinajstić information content (AvgIpc) is 2.87. The number of aromatic nitrogens is 1. The number of carbonyl (C=O) groups is 1. The van der Waals surface area contributed by atoms with Gasteiger partial charge < -0.3 is 14.9 Å². The second kappa shape index (κ2) is 5.71. The monoisotopic (exact) mass is 267 g/mol. The standard InChI is InChI=1S/C13H21N3O3/c1-10-7-11(15-19-10)14-12(17)8-16(2)9-13(18)5-3-4-6-13/h7,18H,3-6,8-9H2,1-2H3,(H,14,15,17). The van der Waals surface area contributed by atoms with Crippen LogP contribution in [0.3, 0.4) is 0 Å². The summed E-state index contributed by atoms with van der Waals surface area (Å²) in [6.07, 6.45) is 3.77. The summed E-state index contributed by atoms with van der Waals surface area (Å²) in [6, 6.07) is 1.67. The molecule has 19 heavy (non-hydrogen) atoms. The van der Waals surface area contributed by atoms with E-state index >= 15 is 0 Å². The first-order valence-electron chi connectivity index (χ1n) is 6.61. The van der Waals surface area contributed by atoms with Gasteiger partial charge in [0.2, 0.25) is 5.91 Å². The largest absolute Gasteiger partial charge is 0.389 e. The highest BCUT2D eigenvalue weighted by Crippen LogP contribution is 2.29. The van der Waals surface area contributed by atoms with Gasteiger partial charge in [0.25, 0.3) is 0 Å². The molecule has 0 bridgehead atoms. The molecule has 2 N–H and O–H groups in total. The van der Waals surface area contributed by atoms with Crippen LogP contribution in [0, 0.1) is 6.92 Å². The molecule has 1 aromatic heterocycles. The number of amides is 1. The van der Waals surface area contributed by atoms with Gasteiger partial charge in [0, 0.05) is 12.6 Å². The molecule has 1 aromatic rings. The van der Waals surface area contributed by atoms with Gasteiger partial charge in [0.1, 0.15) is 5.76 Å². The zero-order chi connectivity index (χ0) is 13.9. The van der Waals surface area contributed by atoms with E-state index in [-0.39, 0.29) is 12.5 Å². The zero-order valence-corrected chi connectivity index (χ0v) is 11.5. The maximum atomic E-state index is 11.8. The van der Waals surface area contributed by atoms with Crippen LogP contribution in [-0.4, -0.2) is 46.8 Å². The lowest BCUT2D eigenvalue weighted by atomic mass is 10.0. The van der Waals surface area contributed by atoms with Crippen molar-refractivity contribution in [3.63, 3.8) is 0 Å². The molecule has 0 atom stereocenters. The number of nitrogens with zero attached hydrogens (tertiary/aromatic N) is 2. The second-order valence-electron chi connectivity index (χ2n) is 5.47. The average molecular weight is 267 g/mol. The minimum atomic E-state index is -0.625. The Morgan fingerprint density at radius 3 is 2.84 bits per heavy atom. The van der Waals surface area contributed by atoms with Crippen molar-refractivity contribution >= 4 is 11.7 Å². The van der Waals surface area contributed by atoms with E-state index in [1.165, 1.54) is 0 Å². The predicted octanol–water partition coefficient (Wildman–Crippen LogP) is 1.16. The summed E-state index contributed by atoms with van der Waals surface area (Å²) in [5.41, 5.74) is -0.625. The van der Waals surface area contributed by atoms with Crippen LogP contribution in [0.25, 0.3) is 0 Å². The molecule has 0 aromatic carbocycles. The highest BCUT2D eigenvalue weighted by Gasteiger charge is 2.32. The summed E-state index contributed by atoms with van der Waals surface area (Å²) in [5.74, 6) is 0.928. The van der Waals surface area contributed by atoms with Crippen LogP contribution in [0.4, 0.5) is 5.82 Å². The van der Waals surface area contributed by atoms with Crippen LogP contribution >= 0.6 is 0 Å². The molecule has 106 valence electrons. The molecule has 1 saturated carbocycles. The lowest BCUT2D eigenvalue weighted by molar-refractivity contribution is -0.117. The molecule has 1 aliphatic rings. The van der Waals surface area contributed by atoms with Crippen molar-refractivity contribution < 1.29 is 14.4 Å². The molecule has 0 saturated heterocycles. The Bertz CT molecular complexity index is 438. The Morgan fingerprint density at radius 2 is 2.26 bits per heavy atom. The Hall–Kier alpha value is -1.40. The number of nitrogens with one attached hydrogen (secondary N) is 1. The highest BCUT2D eigenvalue weighted by molar-refractivity contribution is 5.91. The number of aryl methyl sites for hydroxylation is 1. The Balaban J connectivity index is 1.78. The van der Waals surface area contributed by atoms with Crippen LogP contribution in [0.2, 0.25) is 0 Å². The van der Waals surface area contributed by atoms with E-state index in [1.807, 2.05) is 11.9 Å². The fraction of sp³-hybridized carbons (Fsp3) is 0.692. The fourth-order valence-electron chi connectivity index (χ4n) is 2.60. The predicted molar refractivity (Wildman–Crippen MR) is 70.8 cm³/mol. The molecule has 1 fully saturated rings. The third kappa shape index (κ3) is 4.04. The van der Waals surface area contributed by atoms with Crippen molar-refractivity contribution in [2.75, 3.05) is 25.5 Å². The van der Waals surface area contributed by atoms with Crippen molar-refractivity contribution in [2.24, 2.45) is 0 Å². The first-order chi connectivity index (χ1) is 8.97. The van der Waals surface area contributed by atoms with Crippen LogP contribution in [0.5, 0.6) is 0 Å². The lowest BCUT2D eigenvalue weighted by Crippen LogP contribution is -2.42. The fourth-order valence-corrected chi connectivity index (χ4v) is 2.60. The second-order valence-corrected chi connectivity index (χ2v) is 5.47. The van der Waals surface area contributed by atoms with Crippen LogP contribution in [0.1, 0.15) is 31.4 Å². The molecule has 6 nitrogen and oxygen atoms in total. The van der Waals surface area contributed by atoms with Gasteiger partial charge >= 0.3 is 0 Å². The van der Waals surface area contributed by atoms with Crippen molar-refractivity contribution in [1.29, 1.82) is 0 Å². The van der Waals surface area contributed by atoms with Gasteiger partial charge in [0.15, 0.2) is 5.82 Å². The van der Waals surface area contributed by atoms with E-state index in [9.17, 15) is 9.90 Å². The van der Waals surface area contributed by atoms with E-state index in [0.29, 0.717) is 18.1 Å². The molecule has 6 heteroatoms. The minimum Gasteiger partial charge on any atom is -0.389 e. The van der Waals surface area contributed by atoms with Gasteiger partial charge in [-0.3, -0.25) is 9.69 Å². The Kier molecular flexibility index (Phi) is 4.21. The highest BCUT2D eigenvalue weighted by atomic mass is 16.5. The maximum absolute atomic E-state index is 11.8. The van der Waals surface area contributed by atoms with Gasteiger partial charge in [-0.15, -0.1) is 0 Å². The number of hydrogen-bond acceptors (Lipinski definition) is 5. The van der Waals surface area contributed by atoms with Crippen molar-refractivity contribution in [2.45, 2.75) is 38.2 Å². The van der Waals surface area contributed by atoms with E-state index in [2.05, 4.69) is 10.5 Å². The van der Waals surface area contributed by atoms with Crippen LogP contribution in [0.15, 0.2) is 10.6 Å². The molecular formula is C13H21N3O3. The number of hydrogen-bond donors (Lipinski definition) is 2. The Labute approximate surface area is 112 Å². The van der Waals surface area contributed by atoms with Crippen molar-refractivity contribution in [3.8, 4) is 0 Å². The van der Waals surface area contributed by atoms with Gasteiger partial charge in [0.05, 0.1) is 12.1 Å². The SMILES string of the molecule is Cc1cc(NC(=O)CN(C)CC2(O)CCCC2)no1. The number of aliphatic hydroxyl groups is 1.